The van der Waals surface area contributed by atoms with Crippen LogP contribution >= 0.6 is 0 Å². The average Bonchev–Trinajstić information content (AvgIpc) is 2.70. The number of benzene rings is 1. The van der Waals surface area contributed by atoms with Crippen molar-refractivity contribution in [1.82, 2.24) is 5.32 Å². The molecule has 58 valence electrons. The molecule has 1 saturated heterocycles. The summed E-state index contributed by atoms with van der Waals surface area (Å²) in [5.74, 6) is -0.917. The third kappa shape index (κ3) is 1.12. The summed E-state index contributed by atoms with van der Waals surface area (Å²) in [6, 6.07) is 3.82. The van der Waals surface area contributed by atoms with Gasteiger partial charge >= 0.3 is 0 Å². The van der Waals surface area contributed by atoms with Crippen molar-refractivity contribution in [2.24, 2.45) is 0 Å². The van der Waals surface area contributed by atoms with Crippen molar-refractivity contribution < 1.29 is 8.78 Å². The molecular weight excluding hydrogens is 148 g/mol. The van der Waals surface area contributed by atoms with E-state index in [0.29, 0.717) is 6.54 Å². The van der Waals surface area contributed by atoms with Crippen LogP contribution in [0, 0.1) is 11.6 Å². The number of hydrogen-bond acceptors (Lipinski definition) is 1. The van der Waals surface area contributed by atoms with E-state index in [0.717, 1.165) is 0 Å². The van der Waals surface area contributed by atoms with Gasteiger partial charge in [0, 0.05) is 12.1 Å². The zero-order valence-corrected chi connectivity index (χ0v) is 5.77. The van der Waals surface area contributed by atoms with Crippen molar-refractivity contribution in [3.05, 3.63) is 35.4 Å². The predicted octanol–water partition coefficient (Wildman–Crippen LogP) is 1.61. The molecule has 1 atom stereocenters. The summed E-state index contributed by atoms with van der Waals surface area (Å²) >= 11 is 0. The zero-order chi connectivity index (χ0) is 7.84. The van der Waals surface area contributed by atoms with E-state index in [4.69, 9.17) is 0 Å². The molecule has 3 heteroatoms. The highest BCUT2D eigenvalue weighted by molar-refractivity contribution is 5.26. The number of halogens is 2. The molecule has 0 saturated carbocycles. The van der Waals surface area contributed by atoms with Gasteiger partial charge in [-0.1, -0.05) is 6.07 Å². The first-order chi connectivity index (χ1) is 5.29. The third-order valence-corrected chi connectivity index (χ3v) is 1.76. The lowest BCUT2D eigenvalue weighted by Crippen LogP contribution is -1.94. The maximum absolute atomic E-state index is 12.9. The van der Waals surface area contributed by atoms with Gasteiger partial charge in [0.2, 0.25) is 0 Å². The van der Waals surface area contributed by atoms with E-state index in [1.165, 1.54) is 18.2 Å². The summed E-state index contributed by atoms with van der Waals surface area (Å²) in [5.41, 5.74) is 0.174. The molecule has 1 aromatic carbocycles. The van der Waals surface area contributed by atoms with Gasteiger partial charge in [0.15, 0.2) is 0 Å². The van der Waals surface area contributed by atoms with Gasteiger partial charge in [0.1, 0.15) is 11.6 Å². The molecule has 0 bridgehead atoms. The highest BCUT2D eigenvalue weighted by Crippen LogP contribution is 2.26. The van der Waals surface area contributed by atoms with E-state index in [1.807, 2.05) is 0 Å². The van der Waals surface area contributed by atoms with Gasteiger partial charge in [-0.25, -0.2) is 8.78 Å². The largest absolute Gasteiger partial charge is 0.307 e. The Bertz CT molecular complexity index is 261. The Balaban J connectivity index is 2.48. The van der Waals surface area contributed by atoms with E-state index in [1.54, 1.807) is 0 Å². The second kappa shape index (κ2) is 2.27. The van der Waals surface area contributed by atoms with E-state index in [2.05, 4.69) is 5.32 Å². The summed E-state index contributed by atoms with van der Waals surface area (Å²) in [7, 11) is 0. The second-order valence-electron chi connectivity index (χ2n) is 2.60. The van der Waals surface area contributed by atoms with Crippen molar-refractivity contribution in [2.75, 3.05) is 6.54 Å². The van der Waals surface area contributed by atoms with Crippen LogP contribution in [0.25, 0.3) is 0 Å². The Morgan fingerprint density at radius 2 is 1.82 bits per heavy atom. The molecule has 0 spiro atoms. The quantitative estimate of drug-likeness (QED) is 0.611. The lowest BCUT2D eigenvalue weighted by atomic mass is 10.1. The first kappa shape index (κ1) is 6.73. The fraction of sp³-hybridized carbons (Fsp3) is 0.250. The highest BCUT2D eigenvalue weighted by atomic mass is 19.1. The second-order valence-corrected chi connectivity index (χ2v) is 2.60. The standard InChI is InChI=1S/C8H7F2N/c9-5-2-1-3-6(10)8(5)7-4-11-7/h1-3,7,11H,4H2/t7-/m1/s1. The molecule has 0 radical (unpaired) electrons. The molecule has 1 fully saturated rings. The Morgan fingerprint density at radius 3 is 2.27 bits per heavy atom. The molecule has 1 aliphatic heterocycles. The van der Waals surface area contributed by atoms with Crippen LogP contribution in [0.1, 0.15) is 11.6 Å². The number of hydrogen-bond donors (Lipinski definition) is 1. The van der Waals surface area contributed by atoms with E-state index in [-0.39, 0.29) is 11.6 Å². The molecule has 0 amide bonds. The van der Waals surface area contributed by atoms with Crippen molar-refractivity contribution >= 4 is 0 Å². The molecule has 1 aromatic rings. The normalized spacial score (nSPS) is 21.8. The van der Waals surface area contributed by atoms with Crippen molar-refractivity contribution in [3.63, 3.8) is 0 Å². The van der Waals surface area contributed by atoms with E-state index in [9.17, 15) is 8.78 Å². The summed E-state index contributed by atoms with van der Waals surface area (Å²) in [5, 5.41) is 2.85. The van der Waals surface area contributed by atoms with Crippen LogP contribution in [-0.2, 0) is 0 Å². The minimum absolute atomic E-state index is 0.101. The molecule has 0 unspecified atom stereocenters. The predicted molar refractivity (Wildman–Crippen MR) is 37.1 cm³/mol. The fourth-order valence-electron chi connectivity index (χ4n) is 1.11. The minimum Gasteiger partial charge on any atom is -0.307 e. The molecule has 0 aliphatic carbocycles. The monoisotopic (exact) mass is 155 g/mol. The maximum atomic E-state index is 12.9. The molecular formula is C8H7F2N. The van der Waals surface area contributed by atoms with Crippen LogP contribution in [0.2, 0.25) is 0 Å². The SMILES string of the molecule is Fc1cccc(F)c1[C@H]1CN1. The molecule has 1 N–H and O–H groups in total. The Kier molecular flexibility index (Phi) is 1.39. The maximum Gasteiger partial charge on any atom is 0.130 e. The lowest BCUT2D eigenvalue weighted by Gasteiger charge is -1.99. The topological polar surface area (TPSA) is 21.9 Å². The van der Waals surface area contributed by atoms with E-state index < -0.39 is 11.6 Å². The number of nitrogens with one attached hydrogen (secondary N) is 1. The zero-order valence-electron chi connectivity index (χ0n) is 5.77. The summed E-state index contributed by atoms with van der Waals surface area (Å²) in [6.45, 7) is 0.678. The molecule has 2 rings (SSSR count). The first-order valence-corrected chi connectivity index (χ1v) is 3.46. The van der Waals surface area contributed by atoms with Crippen LogP contribution < -0.4 is 5.32 Å². The lowest BCUT2D eigenvalue weighted by molar-refractivity contribution is 0.556. The van der Waals surface area contributed by atoms with Gasteiger partial charge in [0.25, 0.3) is 0 Å². The Labute approximate surface area is 63.0 Å². The first-order valence-electron chi connectivity index (χ1n) is 3.46. The van der Waals surface area contributed by atoms with Crippen LogP contribution in [0.3, 0.4) is 0 Å². The van der Waals surface area contributed by atoms with Gasteiger partial charge in [-0.3, -0.25) is 0 Å². The van der Waals surface area contributed by atoms with Crippen LogP contribution in [-0.4, -0.2) is 6.54 Å². The van der Waals surface area contributed by atoms with Gasteiger partial charge in [0.05, 0.1) is 6.04 Å². The summed E-state index contributed by atoms with van der Waals surface area (Å²) in [4.78, 5) is 0. The molecule has 1 aliphatic rings. The van der Waals surface area contributed by atoms with Crippen molar-refractivity contribution in [1.29, 1.82) is 0 Å². The van der Waals surface area contributed by atoms with E-state index >= 15 is 0 Å². The van der Waals surface area contributed by atoms with Crippen LogP contribution in [0.5, 0.6) is 0 Å². The van der Waals surface area contributed by atoms with Gasteiger partial charge < -0.3 is 5.32 Å². The molecule has 11 heavy (non-hydrogen) atoms. The van der Waals surface area contributed by atoms with Gasteiger partial charge in [-0.2, -0.15) is 0 Å². The van der Waals surface area contributed by atoms with Crippen molar-refractivity contribution in [2.45, 2.75) is 6.04 Å². The van der Waals surface area contributed by atoms with Crippen LogP contribution in [0.4, 0.5) is 8.78 Å². The molecule has 0 aromatic heterocycles. The third-order valence-electron chi connectivity index (χ3n) is 1.76. The molecule has 1 nitrogen and oxygen atoms in total. The van der Waals surface area contributed by atoms with Gasteiger partial charge in [-0.05, 0) is 12.1 Å². The summed E-state index contributed by atoms with van der Waals surface area (Å²) < 4.78 is 25.7. The average molecular weight is 155 g/mol. The summed E-state index contributed by atoms with van der Waals surface area (Å²) in [6.07, 6.45) is 0. The van der Waals surface area contributed by atoms with Gasteiger partial charge in [-0.15, -0.1) is 0 Å². The van der Waals surface area contributed by atoms with Crippen molar-refractivity contribution in [3.8, 4) is 0 Å². The highest BCUT2D eigenvalue weighted by Gasteiger charge is 2.28. The Morgan fingerprint density at radius 1 is 1.27 bits per heavy atom. The van der Waals surface area contributed by atoms with Crippen LogP contribution in [0.15, 0.2) is 18.2 Å². The molecule has 1 heterocycles. The fourth-order valence-corrected chi connectivity index (χ4v) is 1.11. The number of rotatable bonds is 1. The Hall–Kier alpha value is -0.960. The minimum atomic E-state index is -0.458. The smallest absolute Gasteiger partial charge is 0.130 e.